The molecule has 6 nitrogen and oxygen atoms in total. The molecule has 0 radical (unpaired) electrons. The molecule has 0 spiro atoms. The number of rotatable bonds is 6. The van der Waals surface area contributed by atoms with Crippen molar-refractivity contribution in [1.82, 2.24) is 9.88 Å². The van der Waals surface area contributed by atoms with Crippen LogP contribution in [-0.2, 0) is 11.3 Å². The van der Waals surface area contributed by atoms with E-state index in [1.165, 1.54) is 0 Å². The molecule has 0 saturated heterocycles. The van der Waals surface area contributed by atoms with Crippen molar-refractivity contribution in [3.05, 3.63) is 53.7 Å². The second kappa shape index (κ2) is 8.28. The Morgan fingerprint density at radius 2 is 1.92 bits per heavy atom. The van der Waals surface area contributed by atoms with E-state index in [0.29, 0.717) is 24.3 Å². The van der Waals surface area contributed by atoms with Crippen molar-refractivity contribution in [1.29, 1.82) is 0 Å². The van der Waals surface area contributed by atoms with Crippen LogP contribution >= 0.6 is 0 Å². The number of hydrogen-bond donors (Lipinski definition) is 1. The van der Waals surface area contributed by atoms with Crippen molar-refractivity contribution < 1.29 is 9.59 Å². The lowest BCUT2D eigenvalue weighted by Crippen LogP contribution is -2.27. The van der Waals surface area contributed by atoms with Crippen molar-refractivity contribution in [3.63, 3.8) is 0 Å². The van der Waals surface area contributed by atoms with Crippen molar-refractivity contribution in [3.8, 4) is 0 Å². The first-order chi connectivity index (χ1) is 11.9. The number of pyridine rings is 1. The second-order valence-corrected chi connectivity index (χ2v) is 5.98. The van der Waals surface area contributed by atoms with E-state index < -0.39 is 0 Å². The number of aromatic nitrogens is 1. The van der Waals surface area contributed by atoms with E-state index in [2.05, 4.69) is 10.3 Å². The quantitative estimate of drug-likeness (QED) is 0.878. The monoisotopic (exact) mass is 340 g/mol. The molecule has 0 aliphatic heterocycles. The van der Waals surface area contributed by atoms with E-state index >= 15 is 0 Å². The van der Waals surface area contributed by atoms with Crippen molar-refractivity contribution >= 4 is 23.3 Å². The number of hydrogen-bond acceptors (Lipinski definition) is 4. The molecule has 2 rings (SSSR count). The summed E-state index contributed by atoms with van der Waals surface area (Å²) >= 11 is 0. The smallest absolute Gasteiger partial charge is 0.255 e. The van der Waals surface area contributed by atoms with Crippen LogP contribution in [0.3, 0.4) is 0 Å². The third kappa shape index (κ3) is 5.04. The molecule has 1 N–H and O–H groups in total. The third-order valence-corrected chi connectivity index (χ3v) is 3.85. The predicted molar refractivity (Wildman–Crippen MR) is 99.7 cm³/mol. The molecule has 0 aliphatic carbocycles. The highest BCUT2D eigenvalue weighted by Gasteiger charge is 2.10. The Labute approximate surface area is 148 Å². The molecule has 0 fully saturated rings. The number of nitrogens with one attached hydrogen (secondary N) is 1. The van der Waals surface area contributed by atoms with E-state index in [1.54, 1.807) is 30.2 Å². The van der Waals surface area contributed by atoms with Gasteiger partial charge in [-0.3, -0.25) is 9.59 Å². The molecule has 25 heavy (non-hydrogen) atoms. The van der Waals surface area contributed by atoms with E-state index in [4.69, 9.17) is 0 Å². The van der Waals surface area contributed by atoms with Crippen LogP contribution in [0.1, 0.15) is 29.8 Å². The van der Waals surface area contributed by atoms with Crippen LogP contribution in [0, 0.1) is 0 Å². The standard InChI is InChI=1S/C19H24N4O2/c1-5-23(14(2)24)13-15-7-6-8-17(11-15)21-19(25)16-9-10-20-18(12-16)22(3)4/h6-12H,5,13H2,1-4H3,(H,21,25). The summed E-state index contributed by atoms with van der Waals surface area (Å²) in [5.41, 5.74) is 2.21. The Morgan fingerprint density at radius 3 is 2.56 bits per heavy atom. The molecule has 132 valence electrons. The minimum absolute atomic E-state index is 0.0324. The van der Waals surface area contributed by atoms with Crippen LogP contribution in [0.2, 0.25) is 0 Å². The fourth-order valence-electron chi connectivity index (χ4n) is 2.42. The highest BCUT2D eigenvalue weighted by atomic mass is 16.2. The van der Waals surface area contributed by atoms with Gasteiger partial charge in [-0.2, -0.15) is 0 Å². The summed E-state index contributed by atoms with van der Waals surface area (Å²) in [6.07, 6.45) is 1.62. The van der Waals surface area contributed by atoms with Crippen LogP contribution in [0.4, 0.5) is 11.5 Å². The predicted octanol–water partition coefficient (Wildman–Crippen LogP) is 2.77. The van der Waals surface area contributed by atoms with Gasteiger partial charge >= 0.3 is 0 Å². The van der Waals surface area contributed by atoms with Gasteiger partial charge in [0.15, 0.2) is 0 Å². The zero-order valence-electron chi connectivity index (χ0n) is 15.1. The first-order valence-electron chi connectivity index (χ1n) is 8.20. The van der Waals surface area contributed by atoms with Gasteiger partial charge in [-0.05, 0) is 36.8 Å². The molecule has 6 heteroatoms. The lowest BCUT2D eigenvalue weighted by atomic mass is 10.1. The topological polar surface area (TPSA) is 65.5 Å². The van der Waals surface area contributed by atoms with Crippen LogP contribution in [0.25, 0.3) is 0 Å². The Bertz CT molecular complexity index is 759. The largest absolute Gasteiger partial charge is 0.363 e. The molecule has 2 aromatic rings. The third-order valence-electron chi connectivity index (χ3n) is 3.85. The number of carbonyl (C=O) groups is 2. The number of amides is 2. The Balaban J connectivity index is 2.12. The van der Waals surface area contributed by atoms with Crippen LogP contribution in [0.15, 0.2) is 42.6 Å². The van der Waals surface area contributed by atoms with E-state index in [0.717, 1.165) is 11.4 Å². The zero-order valence-corrected chi connectivity index (χ0v) is 15.1. The minimum atomic E-state index is -0.193. The number of anilines is 2. The molecular formula is C19H24N4O2. The first-order valence-corrected chi connectivity index (χ1v) is 8.20. The summed E-state index contributed by atoms with van der Waals surface area (Å²) in [6.45, 7) is 4.67. The van der Waals surface area contributed by atoms with Crippen LogP contribution < -0.4 is 10.2 Å². The summed E-state index contributed by atoms with van der Waals surface area (Å²) in [5, 5.41) is 2.90. The Morgan fingerprint density at radius 1 is 1.16 bits per heavy atom. The first kappa shape index (κ1) is 18.4. The second-order valence-electron chi connectivity index (χ2n) is 5.98. The van der Waals surface area contributed by atoms with Crippen molar-refractivity contribution in [2.45, 2.75) is 20.4 Å². The van der Waals surface area contributed by atoms with Crippen LogP contribution in [0.5, 0.6) is 0 Å². The lowest BCUT2D eigenvalue weighted by molar-refractivity contribution is -0.129. The molecule has 0 unspecified atom stereocenters. The fourth-order valence-corrected chi connectivity index (χ4v) is 2.42. The Hall–Kier alpha value is -2.89. The fraction of sp³-hybridized carbons (Fsp3) is 0.316. The van der Waals surface area contributed by atoms with Gasteiger partial charge in [-0.1, -0.05) is 12.1 Å². The maximum Gasteiger partial charge on any atom is 0.255 e. The van der Waals surface area contributed by atoms with E-state index in [9.17, 15) is 9.59 Å². The summed E-state index contributed by atoms with van der Waals surface area (Å²) < 4.78 is 0. The molecule has 0 aliphatic rings. The summed E-state index contributed by atoms with van der Waals surface area (Å²) in [6, 6.07) is 11.0. The molecular weight excluding hydrogens is 316 g/mol. The van der Waals surface area contributed by atoms with Gasteiger partial charge in [0.05, 0.1) is 0 Å². The molecule has 1 aromatic carbocycles. The molecule has 0 bridgehead atoms. The van der Waals surface area contributed by atoms with Gasteiger partial charge in [0.1, 0.15) is 5.82 Å². The summed E-state index contributed by atoms with van der Waals surface area (Å²) in [5.74, 6) is 0.563. The van der Waals surface area contributed by atoms with Crippen LogP contribution in [-0.4, -0.2) is 42.3 Å². The van der Waals surface area contributed by atoms with Gasteiger partial charge in [0.25, 0.3) is 5.91 Å². The average Bonchev–Trinajstić information content (AvgIpc) is 2.59. The number of carbonyl (C=O) groups excluding carboxylic acids is 2. The van der Waals surface area contributed by atoms with Crippen molar-refractivity contribution in [2.24, 2.45) is 0 Å². The van der Waals surface area contributed by atoms with Gasteiger partial charge in [0.2, 0.25) is 5.91 Å². The SMILES string of the molecule is CCN(Cc1cccc(NC(=O)c2ccnc(N(C)C)c2)c1)C(C)=O. The maximum atomic E-state index is 12.5. The number of benzene rings is 1. The average molecular weight is 340 g/mol. The molecule has 0 saturated carbocycles. The normalized spacial score (nSPS) is 10.2. The highest BCUT2D eigenvalue weighted by molar-refractivity contribution is 6.04. The molecule has 0 atom stereocenters. The zero-order chi connectivity index (χ0) is 18.4. The van der Waals surface area contributed by atoms with Crippen molar-refractivity contribution in [2.75, 3.05) is 30.9 Å². The van der Waals surface area contributed by atoms with Gasteiger partial charge in [-0.25, -0.2) is 4.98 Å². The Kier molecular flexibility index (Phi) is 6.11. The van der Waals surface area contributed by atoms with E-state index in [1.807, 2.05) is 50.2 Å². The lowest BCUT2D eigenvalue weighted by Gasteiger charge is -2.19. The summed E-state index contributed by atoms with van der Waals surface area (Å²) in [7, 11) is 3.75. The molecule has 1 aromatic heterocycles. The maximum absolute atomic E-state index is 12.5. The molecule has 2 amide bonds. The molecule has 1 heterocycles. The van der Waals surface area contributed by atoms with Gasteiger partial charge in [0, 0.05) is 51.6 Å². The highest BCUT2D eigenvalue weighted by Crippen LogP contribution is 2.16. The van der Waals surface area contributed by atoms with Gasteiger partial charge in [-0.15, -0.1) is 0 Å². The minimum Gasteiger partial charge on any atom is -0.363 e. The summed E-state index contributed by atoms with van der Waals surface area (Å²) in [4.78, 5) is 31.8. The van der Waals surface area contributed by atoms with Gasteiger partial charge < -0.3 is 15.1 Å². The number of nitrogens with zero attached hydrogens (tertiary/aromatic N) is 3. The van der Waals surface area contributed by atoms with E-state index in [-0.39, 0.29) is 11.8 Å².